The van der Waals surface area contributed by atoms with E-state index in [-0.39, 0.29) is 12.3 Å². The van der Waals surface area contributed by atoms with Crippen molar-refractivity contribution in [1.29, 1.82) is 0 Å². The molecule has 3 aromatic rings. The van der Waals surface area contributed by atoms with Crippen LogP contribution in [0.2, 0.25) is 10.0 Å². The lowest BCUT2D eigenvalue weighted by molar-refractivity contribution is -0.115. The van der Waals surface area contributed by atoms with E-state index in [4.69, 9.17) is 23.2 Å². The number of hydrogen-bond donors (Lipinski definition) is 1. The Morgan fingerprint density at radius 2 is 2.04 bits per heavy atom. The molecule has 0 atom stereocenters. The zero-order chi connectivity index (χ0) is 17.1. The van der Waals surface area contributed by atoms with E-state index in [0.717, 1.165) is 15.0 Å². The van der Waals surface area contributed by atoms with Gasteiger partial charge >= 0.3 is 0 Å². The minimum absolute atomic E-state index is 0.165. The maximum absolute atomic E-state index is 12.2. The molecule has 0 spiro atoms. The normalized spacial score (nSPS) is 10.6. The molecule has 0 aliphatic heterocycles. The van der Waals surface area contributed by atoms with Crippen LogP contribution in [0.15, 0.2) is 52.3 Å². The maximum atomic E-state index is 12.2. The van der Waals surface area contributed by atoms with E-state index in [1.54, 1.807) is 12.1 Å². The summed E-state index contributed by atoms with van der Waals surface area (Å²) in [5, 5.41) is 6.65. The van der Waals surface area contributed by atoms with Crippen molar-refractivity contribution in [3.05, 3.63) is 68.1 Å². The van der Waals surface area contributed by atoms with Gasteiger partial charge in [0.25, 0.3) is 0 Å². The molecular formula is C17H11BrCl2N2OS. The van der Waals surface area contributed by atoms with Gasteiger partial charge in [-0.2, -0.15) is 0 Å². The molecule has 0 saturated heterocycles. The van der Waals surface area contributed by atoms with E-state index in [0.29, 0.717) is 21.4 Å². The van der Waals surface area contributed by atoms with Gasteiger partial charge in [-0.05, 0) is 30.3 Å². The number of rotatable bonds is 4. The number of hydrogen-bond acceptors (Lipinski definition) is 3. The Labute approximate surface area is 161 Å². The van der Waals surface area contributed by atoms with Crippen LogP contribution in [0.5, 0.6) is 0 Å². The number of aromatic nitrogens is 1. The highest BCUT2D eigenvalue weighted by atomic mass is 79.9. The Balaban J connectivity index is 1.69. The Hall–Kier alpha value is -1.40. The molecule has 3 rings (SSSR count). The topological polar surface area (TPSA) is 42.0 Å². The monoisotopic (exact) mass is 440 g/mol. The second-order valence-corrected chi connectivity index (χ2v) is 7.62. The molecule has 0 aliphatic rings. The zero-order valence-corrected chi connectivity index (χ0v) is 16.1. The van der Waals surface area contributed by atoms with E-state index in [2.05, 4.69) is 26.2 Å². The summed E-state index contributed by atoms with van der Waals surface area (Å²) in [6, 6.07) is 12.8. The summed E-state index contributed by atoms with van der Waals surface area (Å²) in [5.74, 6) is -0.165. The van der Waals surface area contributed by atoms with Gasteiger partial charge in [-0.3, -0.25) is 4.79 Å². The van der Waals surface area contributed by atoms with Gasteiger partial charge in [0.15, 0.2) is 0 Å². The average Bonchev–Trinajstić information content (AvgIpc) is 2.98. The van der Waals surface area contributed by atoms with Crippen molar-refractivity contribution >= 4 is 62.1 Å². The number of nitrogens with one attached hydrogen (secondary N) is 1. The zero-order valence-electron chi connectivity index (χ0n) is 12.2. The number of benzene rings is 2. The Morgan fingerprint density at radius 3 is 2.79 bits per heavy atom. The summed E-state index contributed by atoms with van der Waals surface area (Å²) in [7, 11) is 0. The average molecular weight is 442 g/mol. The van der Waals surface area contributed by atoms with Crippen molar-refractivity contribution in [3.8, 4) is 10.6 Å². The molecule has 7 heteroatoms. The molecule has 2 aromatic carbocycles. The van der Waals surface area contributed by atoms with Gasteiger partial charge in [0.05, 0.1) is 22.8 Å². The second kappa shape index (κ2) is 7.66. The van der Waals surface area contributed by atoms with Crippen LogP contribution in [0.4, 0.5) is 5.69 Å². The first-order chi connectivity index (χ1) is 11.5. The van der Waals surface area contributed by atoms with Crippen molar-refractivity contribution in [2.24, 2.45) is 0 Å². The number of carbonyl (C=O) groups excluding carboxylic acids is 1. The standard InChI is InChI=1S/C17H11BrCl2N2OS/c18-11-4-5-15(14(20)7-11)22-16(23)8-13-9-24-17(21-13)10-2-1-3-12(19)6-10/h1-7,9H,8H2,(H,22,23). The first-order valence-corrected chi connectivity index (χ1v) is 9.39. The molecule has 0 bridgehead atoms. The molecule has 1 heterocycles. The molecule has 122 valence electrons. The lowest BCUT2D eigenvalue weighted by Crippen LogP contribution is -2.14. The van der Waals surface area contributed by atoms with Crippen molar-refractivity contribution in [3.63, 3.8) is 0 Å². The van der Waals surface area contributed by atoms with Gasteiger partial charge in [0, 0.05) is 20.4 Å². The molecule has 1 N–H and O–H groups in total. The van der Waals surface area contributed by atoms with E-state index < -0.39 is 0 Å². The fourth-order valence-corrected chi connectivity index (χ4v) is 3.82. The van der Waals surface area contributed by atoms with Gasteiger partial charge in [0.2, 0.25) is 5.91 Å². The molecule has 1 aromatic heterocycles. The van der Waals surface area contributed by atoms with Gasteiger partial charge < -0.3 is 5.32 Å². The lowest BCUT2D eigenvalue weighted by atomic mass is 10.2. The highest BCUT2D eigenvalue weighted by Gasteiger charge is 2.11. The van der Waals surface area contributed by atoms with Crippen LogP contribution in [0.1, 0.15) is 5.69 Å². The largest absolute Gasteiger partial charge is 0.324 e. The summed E-state index contributed by atoms with van der Waals surface area (Å²) in [6.07, 6.45) is 0.184. The second-order valence-electron chi connectivity index (χ2n) is 5.00. The van der Waals surface area contributed by atoms with Gasteiger partial charge in [-0.1, -0.05) is 51.3 Å². The number of anilines is 1. The highest BCUT2D eigenvalue weighted by molar-refractivity contribution is 9.10. The fourth-order valence-electron chi connectivity index (χ4n) is 2.09. The van der Waals surface area contributed by atoms with Crippen LogP contribution in [-0.2, 0) is 11.2 Å². The van der Waals surface area contributed by atoms with E-state index in [1.807, 2.05) is 35.7 Å². The van der Waals surface area contributed by atoms with Gasteiger partial charge in [0.1, 0.15) is 5.01 Å². The molecular weight excluding hydrogens is 431 g/mol. The van der Waals surface area contributed by atoms with Crippen LogP contribution >= 0.6 is 50.5 Å². The molecule has 3 nitrogen and oxygen atoms in total. The SMILES string of the molecule is O=C(Cc1csc(-c2cccc(Cl)c2)n1)Nc1ccc(Br)cc1Cl. The summed E-state index contributed by atoms with van der Waals surface area (Å²) >= 11 is 16.9. The quantitative estimate of drug-likeness (QED) is 0.534. The molecule has 0 aliphatic carbocycles. The van der Waals surface area contributed by atoms with Crippen molar-refractivity contribution in [2.45, 2.75) is 6.42 Å². The molecule has 0 radical (unpaired) electrons. The summed E-state index contributed by atoms with van der Waals surface area (Å²) < 4.78 is 0.858. The Bertz CT molecular complexity index is 898. The van der Waals surface area contributed by atoms with Crippen molar-refractivity contribution in [1.82, 2.24) is 4.98 Å². The molecule has 1 amide bonds. The minimum atomic E-state index is -0.165. The fraction of sp³-hybridized carbons (Fsp3) is 0.0588. The van der Waals surface area contributed by atoms with Crippen LogP contribution in [0.25, 0.3) is 10.6 Å². The van der Waals surface area contributed by atoms with E-state index in [9.17, 15) is 4.79 Å². The molecule has 0 unspecified atom stereocenters. The number of nitrogens with zero attached hydrogens (tertiary/aromatic N) is 1. The van der Waals surface area contributed by atoms with Gasteiger partial charge in [-0.25, -0.2) is 4.98 Å². The molecule has 0 fully saturated rings. The third kappa shape index (κ3) is 4.36. The number of amides is 1. The lowest BCUT2D eigenvalue weighted by Gasteiger charge is -2.06. The minimum Gasteiger partial charge on any atom is -0.324 e. The molecule has 24 heavy (non-hydrogen) atoms. The third-order valence-electron chi connectivity index (χ3n) is 3.17. The number of halogens is 3. The Kier molecular flexibility index (Phi) is 5.56. The van der Waals surface area contributed by atoms with Crippen LogP contribution in [-0.4, -0.2) is 10.9 Å². The first kappa shape index (κ1) is 17.4. The van der Waals surface area contributed by atoms with E-state index in [1.165, 1.54) is 11.3 Å². The smallest absolute Gasteiger partial charge is 0.230 e. The van der Waals surface area contributed by atoms with Gasteiger partial charge in [-0.15, -0.1) is 11.3 Å². The maximum Gasteiger partial charge on any atom is 0.230 e. The van der Waals surface area contributed by atoms with Crippen LogP contribution in [0.3, 0.4) is 0 Å². The summed E-state index contributed by atoms with van der Waals surface area (Å²) in [6.45, 7) is 0. The predicted octanol–water partition coefficient (Wildman–Crippen LogP) is 6.06. The van der Waals surface area contributed by atoms with E-state index >= 15 is 0 Å². The highest BCUT2D eigenvalue weighted by Crippen LogP contribution is 2.27. The first-order valence-electron chi connectivity index (χ1n) is 6.96. The number of carbonyl (C=O) groups is 1. The molecule has 0 saturated carbocycles. The summed E-state index contributed by atoms with van der Waals surface area (Å²) in [4.78, 5) is 16.7. The number of thiazole rings is 1. The predicted molar refractivity (Wildman–Crippen MR) is 104 cm³/mol. The third-order valence-corrected chi connectivity index (χ3v) is 5.15. The summed E-state index contributed by atoms with van der Waals surface area (Å²) in [5.41, 5.74) is 2.23. The van der Waals surface area contributed by atoms with Crippen LogP contribution < -0.4 is 5.32 Å². The van der Waals surface area contributed by atoms with Crippen molar-refractivity contribution < 1.29 is 4.79 Å². The van der Waals surface area contributed by atoms with Crippen LogP contribution in [0, 0.1) is 0 Å². The Morgan fingerprint density at radius 1 is 1.21 bits per heavy atom. The van der Waals surface area contributed by atoms with Crippen molar-refractivity contribution in [2.75, 3.05) is 5.32 Å².